The molecule has 1 aliphatic rings. The molecule has 1 fully saturated rings. The standard InChI is InChI=1S/C10H13N.C2H4O2/c11-10-6-2-5-9(7-10)8-3-1-4-8;1-4-2-3/h2,5-8H,1,3-4,11H2;2H,1H3. The molecule has 0 aromatic heterocycles. The Morgan fingerprint density at radius 2 is 2.13 bits per heavy atom. The Balaban J connectivity index is 0.000000245. The summed E-state index contributed by atoms with van der Waals surface area (Å²) in [6, 6.07) is 8.27. The molecule has 0 saturated heterocycles. The van der Waals surface area contributed by atoms with Gasteiger partial charge in [0, 0.05) is 5.69 Å². The molecule has 0 unspecified atom stereocenters. The van der Waals surface area contributed by atoms with Crippen molar-refractivity contribution < 1.29 is 9.53 Å². The average Bonchev–Trinajstić information content (AvgIpc) is 2.16. The van der Waals surface area contributed by atoms with Gasteiger partial charge in [-0.15, -0.1) is 0 Å². The van der Waals surface area contributed by atoms with Crippen LogP contribution in [0.1, 0.15) is 30.7 Å². The number of hydrogen-bond acceptors (Lipinski definition) is 3. The van der Waals surface area contributed by atoms with Crippen LogP contribution in [-0.2, 0) is 9.53 Å². The first-order valence-corrected chi connectivity index (χ1v) is 5.09. The molecule has 0 bridgehead atoms. The number of hydrogen-bond donors (Lipinski definition) is 1. The summed E-state index contributed by atoms with van der Waals surface area (Å²) in [4.78, 5) is 8.95. The number of rotatable bonds is 2. The van der Waals surface area contributed by atoms with Gasteiger partial charge in [0.15, 0.2) is 0 Å². The second-order valence-electron chi connectivity index (χ2n) is 3.63. The van der Waals surface area contributed by atoms with E-state index in [4.69, 9.17) is 10.5 Å². The molecular weight excluding hydrogens is 190 g/mol. The number of benzene rings is 1. The first kappa shape index (κ1) is 11.6. The van der Waals surface area contributed by atoms with Crippen molar-refractivity contribution >= 4 is 12.2 Å². The lowest BCUT2D eigenvalue weighted by molar-refractivity contribution is -0.126. The van der Waals surface area contributed by atoms with Gasteiger partial charge in [-0.1, -0.05) is 18.6 Å². The maximum absolute atomic E-state index is 8.95. The highest BCUT2D eigenvalue weighted by molar-refractivity contribution is 5.42. The number of ether oxygens (including phenoxy) is 1. The van der Waals surface area contributed by atoms with Crippen molar-refractivity contribution in [1.82, 2.24) is 0 Å². The molecule has 82 valence electrons. The predicted molar refractivity (Wildman–Crippen MR) is 60.5 cm³/mol. The van der Waals surface area contributed by atoms with E-state index in [1.165, 1.54) is 31.9 Å². The molecule has 0 heterocycles. The smallest absolute Gasteiger partial charge is 0.292 e. The fraction of sp³-hybridized carbons (Fsp3) is 0.417. The van der Waals surface area contributed by atoms with E-state index in [0.717, 1.165) is 11.6 Å². The van der Waals surface area contributed by atoms with Gasteiger partial charge in [0.25, 0.3) is 6.47 Å². The van der Waals surface area contributed by atoms with Crippen LogP contribution in [0.3, 0.4) is 0 Å². The number of nitrogen functional groups attached to an aromatic ring is 1. The van der Waals surface area contributed by atoms with Crippen molar-refractivity contribution in [1.29, 1.82) is 0 Å². The Morgan fingerprint density at radius 3 is 2.53 bits per heavy atom. The largest absolute Gasteiger partial charge is 0.471 e. The lowest BCUT2D eigenvalue weighted by Gasteiger charge is -2.25. The summed E-state index contributed by atoms with van der Waals surface area (Å²) in [5.41, 5.74) is 8.00. The van der Waals surface area contributed by atoms with Crippen LogP contribution >= 0.6 is 0 Å². The molecule has 1 aromatic carbocycles. The van der Waals surface area contributed by atoms with Crippen molar-refractivity contribution in [2.75, 3.05) is 12.8 Å². The number of carbonyl (C=O) groups excluding carboxylic acids is 1. The van der Waals surface area contributed by atoms with Crippen LogP contribution in [-0.4, -0.2) is 13.6 Å². The van der Waals surface area contributed by atoms with Gasteiger partial charge in [0.05, 0.1) is 7.11 Å². The van der Waals surface area contributed by atoms with Crippen molar-refractivity contribution in [2.45, 2.75) is 25.2 Å². The fourth-order valence-corrected chi connectivity index (χ4v) is 1.55. The molecule has 1 aromatic rings. The summed E-state index contributed by atoms with van der Waals surface area (Å²) in [5.74, 6) is 0.804. The molecule has 3 heteroatoms. The fourth-order valence-electron chi connectivity index (χ4n) is 1.55. The molecule has 1 saturated carbocycles. The maximum atomic E-state index is 8.95. The second-order valence-corrected chi connectivity index (χ2v) is 3.63. The summed E-state index contributed by atoms with van der Waals surface area (Å²) in [6.07, 6.45) is 4.09. The normalized spacial score (nSPS) is 14.5. The summed E-state index contributed by atoms with van der Waals surface area (Å²) < 4.78 is 3.86. The van der Waals surface area contributed by atoms with Gasteiger partial charge >= 0.3 is 0 Å². The molecule has 0 amide bonds. The maximum Gasteiger partial charge on any atom is 0.292 e. The molecule has 2 N–H and O–H groups in total. The van der Waals surface area contributed by atoms with Crippen molar-refractivity contribution in [2.24, 2.45) is 0 Å². The molecule has 0 spiro atoms. The van der Waals surface area contributed by atoms with E-state index >= 15 is 0 Å². The number of carbonyl (C=O) groups is 1. The molecule has 3 nitrogen and oxygen atoms in total. The first-order valence-electron chi connectivity index (χ1n) is 5.09. The Kier molecular flexibility index (Phi) is 4.68. The third kappa shape index (κ3) is 3.62. The van der Waals surface area contributed by atoms with E-state index in [-0.39, 0.29) is 0 Å². The van der Waals surface area contributed by atoms with Crippen LogP contribution in [0.5, 0.6) is 0 Å². The summed E-state index contributed by atoms with van der Waals surface area (Å²) in [5, 5.41) is 0. The Morgan fingerprint density at radius 1 is 1.47 bits per heavy atom. The van der Waals surface area contributed by atoms with E-state index in [9.17, 15) is 0 Å². The molecular formula is C12H17NO2. The van der Waals surface area contributed by atoms with Gasteiger partial charge in [-0.05, 0) is 36.5 Å². The Labute approximate surface area is 90.2 Å². The number of nitrogens with two attached hydrogens (primary N) is 1. The van der Waals surface area contributed by atoms with Crippen LogP contribution in [0.4, 0.5) is 5.69 Å². The lowest BCUT2D eigenvalue weighted by atomic mass is 9.80. The van der Waals surface area contributed by atoms with E-state index in [2.05, 4.69) is 16.9 Å². The zero-order valence-electron chi connectivity index (χ0n) is 8.98. The summed E-state index contributed by atoms with van der Waals surface area (Å²) in [6.45, 7) is 0.375. The third-order valence-corrected chi connectivity index (χ3v) is 2.58. The highest BCUT2D eigenvalue weighted by Gasteiger charge is 2.18. The molecule has 0 aliphatic heterocycles. The quantitative estimate of drug-likeness (QED) is 0.598. The summed E-state index contributed by atoms with van der Waals surface area (Å²) >= 11 is 0. The van der Waals surface area contributed by atoms with Crippen LogP contribution < -0.4 is 5.73 Å². The van der Waals surface area contributed by atoms with Gasteiger partial charge in [0.2, 0.25) is 0 Å². The first-order chi connectivity index (χ1) is 7.27. The van der Waals surface area contributed by atoms with Crippen LogP contribution in [0.2, 0.25) is 0 Å². The monoisotopic (exact) mass is 207 g/mol. The Hall–Kier alpha value is -1.51. The minimum absolute atomic E-state index is 0.375. The number of anilines is 1. The zero-order valence-corrected chi connectivity index (χ0v) is 8.98. The predicted octanol–water partition coefficient (Wildman–Crippen LogP) is 2.33. The van der Waals surface area contributed by atoms with E-state index in [0.29, 0.717) is 6.47 Å². The third-order valence-electron chi connectivity index (χ3n) is 2.58. The minimum atomic E-state index is 0.375. The van der Waals surface area contributed by atoms with Crippen LogP contribution in [0.25, 0.3) is 0 Å². The van der Waals surface area contributed by atoms with Crippen molar-refractivity contribution in [3.05, 3.63) is 29.8 Å². The Bertz CT molecular complexity index is 308. The second kappa shape index (κ2) is 6.06. The lowest BCUT2D eigenvalue weighted by Crippen LogP contribution is -2.08. The highest BCUT2D eigenvalue weighted by Crippen LogP contribution is 2.36. The molecule has 0 atom stereocenters. The zero-order chi connectivity index (χ0) is 11.1. The van der Waals surface area contributed by atoms with Crippen molar-refractivity contribution in [3.63, 3.8) is 0 Å². The molecule has 1 aliphatic carbocycles. The van der Waals surface area contributed by atoms with Crippen LogP contribution in [0.15, 0.2) is 24.3 Å². The summed E-state index contributed by atoms with van der Waals surface area (Å²) in [7, 11) is 1.31. The van der Waals surface area contributed by atoms with Gasteiger partial charge in [-0.25, -0.2) is 0 Å². The highest BCUT2D eigenvalue weighted by atomic mass is 16.5. The topological polar surface area (TPSA) is 52.3 Å². The molecule has 15 heavy (non-hydrogen) atoms. The van der Waals surface area contributed by atoms with E-state index < -0.39 is 0 Å². The minimum Gasteiger partial charge on any atom is -0.471 e. The number of methoxy groups -OCH3 is 1. The van der Waals surface area contributed by atoms with Gasteiger partial charge < -0.3 is 10.5 Å². The van der Waals surface area contributed by atoms with Crippen molar-refractivity contribution in [3.8, 4) is 0 Å². The van der Waals surface area contributed by atoms with Gasteiger partial charge in [0.1, 0.15) is 0 Å². The van der Waals surface area contributed by atoms with Crippen LogP contribution in [0, 0.1) is 0 Å². The van der Waals surface area contributed by atoms with Gasteiger partial charge in [-0.2, -0.15) is 0 Å². The van der Waals surface area contributed by atoms with E-state index in [1.54, 1.807) is 0 Å². The average molecular weight is 207 g/mol. The van der Waals surface area contributed by atoms with Gasteiger partial charge in [-0.3, -0.25) is 4.79 Å². The molecule has 0 radical (unpaired) electrons. The van der Waals surface area contributed by atoms with E-state index in [1.807, 2.05) is 12.1 Å². The molecule has 2 rings (SSSR count). The SMILES string of the molecule is COC=O.Nc1cccc(C2CCC2)c1.